The van der Waals surface area contributed by atoms with Crippen LogP contribution in [0.2, 0.25) is 0 Å². The van der Waals surface area contributed by atoms with Crippen molar-refractivity contribution in [3.05, 3.63) is 29.3 Å². The molecule has 2 aromatic rings. The zero-order valence-corrected chi connectivity index (χ0v) is 7.58. The molecule has 0 saturated carbocycles. The van der Waals surface area contributed by atoms with E-state index >= 15 is 0 Å². The van der Waals surface area contributed by atoms with Crippen LogP contribution >= 0.6 is 11.3 Å². The van der Waals surface area contributed by atoms with Crippen LogP contribution in [0.4, 0.5) is 0 Å². The first-order valence-electron chi connectivity index (χ1n) is 3.77. The Kier molecular flexibility index (Phi) is 2.23. The molecule has 1 aromatic carbocycles. The normalized spacial score (nSPS) is 10.2. The topological polar surface area (TPSA) is 39.2 Å². The first kappa shape index (κ1) is 8.19. The van der Waals surface area contributed by atoms with E-state index in [9.17, 15) is 4.79 Å². The molecule has 3 nitrogen and oxygen atoms in total. The second-order valence-electron chi connectivity index (χ2n) is 2.56. The van der Waals surface area contributed by atoms with Crippen molar-refractivity contribution < 1.29 is 9.53 Å². The van der Waals surface area contributed by atoms with E-state index in [1.807, 2.05) is 18.2 Å². The number of aromatic nitrogens is 1. The summed E-state index contributed by atoms with van der Waals surface area (Å²) in [5.74, 6) is 0. The lowest BCUT2D eigenvalue weighted by Crippen LogP contribution is -1.89. The van der Waals surface area contributed by atoms with Crippen LogP contribution in [0.25, 0.3) is 10.2 Å². The van der Waals surface area contributed by atoms with Gasteiger partial charge in [-0.15, -0.1) is 11.3 Å². The van der Waals surface area contributed by atoms with Crippen LogP contribution < -0.4 is 0 Å². The molecule has 0 aliphatic heterocycles. The molecule has 4 heteroatoms. The second kappa shape index (κ2) is 3.53. The van der Waals surface area contributed by atoms with Crippen LogP contribution in [0.5, 0.6) is 0 Å². The summed E-state index contributed by atoms with van der Waals surface area (Å²) < 4.78 is 5.79. The molecule has 0 unspecified atom stereocenters. The number of benzene rings is 1. The summed E-state index contributed by atoms with van der Waals surface area (Å²) >= 11 is 1.60. The molecule has 13 heavy (non-hydrogen) atoms. The number of nitrogens with zero attached hydrogens (tertiary/aromatic N) is 1. The van der Waals surface area contributed by atoms with Crippen molar-refractivity contribution in [3.8, 4) is 0 Å². The van der Waals surface area contributed by atoms with Crippen molar-refractivity contribution in [2.75, 3.05) is 0 Å². The van der Waals surface area contributed by atoms with Gasteiger partial charge in [0, 0.05) is 0 Å². The lowest BCUT2D eigenvalue weighted by atomic mass is 10.2. The van der Waals surface area contributed by atoms with E-state index in [0.29, 0.717) is 13.1 Å². The molecule has 0 fully saturated rings. The summed E-state index contributed by atoms with van der Waals surface area (Å²) in [4.78, 5) is 14.1. The maximum atomic E-state index is 9.96. The molecule has 0 bridgehead atoms. The Morgan fingerprint density at radius 3 is 3.31 bits per heavy atom. The van der Waals surface area contributed by atoms with Gasteiger partial charge in [0.15, 0.2) is 0 Å². The summed E-state index contributed by atoms with van der Waals surface area (Å²) in [6.07, 6.45) is 0. The van der Waals surface area contributed by atoms with Gasteiger partial charge in [-0.25, -0.2) is 4.98 Å². The van der Waals surface area contributed by atoms with Gasteiger partial charge in [-0.3, -0.25) is 4.79 Å². The van der Waals surface area contributed by atoms with E-state index in [1.165, 1.54) is 0 Å². The van der Waals surface area contributed by atoms with Gasteiger partial charge in [-0.05, 0) is 17.7 Å². The van der Waals surface area contributed by atoms with E-state index < -0.39 is 0 Å². The predicted molar refractivity (Wildman–Crippen MR) is 50.5 cm³/mol. The highest BCUT2D eigenvalue weighted by molar-refractivity contribution is 7.16. The molecular formula is C9H7NO2S. The molecule has 2 rings (SSSR count). The third-order valence-corrected chi connectivity index (χ3v) is 2.52. The molecule has 0 spiro atoms. The summed E-state index contributed by atoms with van der Waals surface area (Å²) in [6.45, 7) is 0.766. The Bertz CT molecular complexity index is 424. The van der Waals surface area contributed by atoms with Crippen LogP contribution in [0.15, 0.2) is 23.7 Å². The smallest absolute Gasteiger partial charge is 0.293 e. The van der Waals surface area contributed by atoms with Gasteiger partial charge < -0.3 is 4.74 Å². The molecule has 66 valence electrons. The number of fused-ring (bicyclic) bond motifs is 1. The van der Waals surface area contributed by atoms with Gasteiger partial charge in [0.2, 0.25) is 0 Å². The molecular weight excluding hydrogens is 186 g/mol. The predicted octanol–water partition coefficient (Wildman–Crippen LogP) is 1.97. The van der Waals surface area contributed by atoms with Crippen LogP contribution in [0.3, 0.4) is 0 Å². The van der Waals surface area contributed by atoms with Crippen LogP contribution in [-0.4, -0.2) is 11.5 Å². The highest BCUT2D eigenvalue weighted by Gasteiger charge is 1.98. The number of carbonyl (C=O) groups is 1. The van der Waals surface area contributed by atoms with Crippen LogP contribution in [-0.2, 0) is 16.1 Å². The minimum absolute atomic E-state index is 0.316. The van der Waals surface area contributed by atoms with Crippen molar-refractivity contribution in [1.29, 1.82) is 0 Å². The molecule has 1 aromatic heterocycles. The van der Waals surface area contributed by atoms with E-state index in [-0.39, 0.29) is 0 Å². The first-order valence-corrected chi connectivity index (χ1v) is 4.65. The summed E-state index contributed by atoms with van der Waals surface area (Å²) in [5, 5.41) is 0. The Morgan fingerprint density at radius 1 is 1.54 bits per heavy atom. The molecule has 0 N–H and O–H groups in total. The van der Waals surface area contributed by atoms with Crippen molar-refractivity contribution in [2.24, 2.45) is 0 Å². The van der Waals surface area contributed by atoms with Gasteiger partial charge in [0.05, 0.1) is 15.7 Å². The van der Waals surface area contributed by atoms with Gasteiger partial charge in [-0.1, -0.05) is 6.07 Å². The quantitative estimate of drug-likeness (QED) is 0.699. The Hall–Kier alpha value is -1.42. The van der Waals surface area contributed by atoms with Gasteiger partial charge >= 0.3 is 0 Å². The number of carbonyl (C=O) groups excluding carboxylic acids is 1. The number of hydrogen-bond acceptors (Lipinski definition) is 4. The number of ether oxygens (including phenoxy) is 1. The highest BCUT2D eigenvalue weighted by Crippen LogP contribution is 2.18. The SMILES string of the molecule is O=COCc1ccc2scnc2c1. The van der Waals surface area contributed by atoms with Crippen molar-refractivity contribution in [1.82, 2.24) is 4.98 Å². The molecule has 1 heterocycles. The Balaban J connectivity index is 2.31. The van der Waals surface area contributed by atoms with E-state index in [0.717, 1.165) is 15.8 Å². The van der Waals surface area contributed by atoms with E-state index in [2.05, 4.69) is 9.72 Å². The third-order valence-electron chi connectivity index (χ3n) is 1.71. The molecule has 0 atom stereocenters. The average molecular weight is 193 g/mol. The maximum Gasteiger partial charge on any atom is 0.293 e. The first-order chi connectivity index (χ1) is 6.40. The minimum Gasteiger partial charge on any atom is -0.463 e. The van der Waals surface area contributed by atoms with Gasteiger partial charge in [0.25, 0.3) is 6.47 Å². The third kappa shape index (κ3) is 1.67. The standard InChI is InChI=1S/C9H7NO2S/c11-6-12-4-7-1-2-9-8(3-7)10-5-13-9/h1-3,5-6H,4H2. The van der Waals surface area contributed by atoms with Crippen molar-refractivity contribution >= 4 is 28.0 Å². The lowest BCUT2D eigenvalue weighted by molar-refractivity contribution is -0.129. The monoisotopic (exact) mass is 193 g/mol. The Morgan fingerprint density at radius 2 is 2.46 bits per heavy atom. The maximum absolute atomic E-state index is 9.96. The molecule has 0 aliphatic carbocycles. The molecule has 0 amide bonds. The average Bonchev–Trinajstić information content (AvgIpc) is 2.61. The molecule has 0 aliphatic rings. The number of hydrogen-bond donors (Lipinski definition) is 0. The van der Waals surface area contributed by atoms with Crippen molar-refractivity contribution in [2.45, 2.75) is 6.61 Å². The van der Waals surface area contributed by atoms with Crippen LogP contribution in [0.1, 0.15) is 5.56 Å². The van der Waals surface area contributed by atoms with Gasteiger partial charge in [0.1, 0.15) is 6.61 Å². The number of thiazole rings is 1. The summed E-state index contributed by atoms with van der Waals surface area (Å²) in [5.41, 5.74) is 3.72. The zero-order valence-electron chi connectivity index (χ0n) is 6.77. The Labute approximate surface area is 79.0 Å². The van der Waals surface area contributed by atoms with E-state index in [4.69, 9.17) is 0 Å². The zero-order chi connectivity index (χ0) is 9.10. The van der Waals surface area contributed by atoms with E-state index in [1.54, 1.807) is 16.8 Å². The fourth-order valence-corrected chi connectivity index (χ4v) is 1.78. The fourth-order valence-electron chi connectivity index (χ4n) is 1.12. The minimum atomic E-state index is 0.316. The lowest BCUT2D eigenvalue weighted by Gasteiger charge is -1.97. The second-order valence-corrected chi connectivity index (χ2v) is 3.45. The fraction of sp³-hybridized carbons (Fsp3) is 0.111. The number of rotatable bonds is 3. The van der Waals surface area contributed by atoms with Crippen LogP contribution in [0, 0.1) is 0 Å². The largest absolute Gasteiger partial charge is 0.463 e. The van der Waals surface area contributed by atoms with Crippen molar-refractivity contribution in [3.63, 3.8) is 0 Å². The summed E-state index contributed by atoms with van der Waals surface area (Å²) in [7, 11) is 0. The highest BCUT2D eigenvalue weighted by atomic mass is 32.1. The molecule has 0 radical (unpaired) electrons. The van der Waals surface area contributed by atoms with Gasteiger partial charge in [-0.2, -0.15) is 0 Å². The molecule has 0 saturated heterocycles. The summed E-state index contributed by atoms with van der Waals surface area (Å²) in [6, 6.07) is 5.84.